The summed E-state index contributed by atoms with van der Waals surface area (Å²) in [5.41, 5.74) is 5.74. The molecule has 0 atom stereocenters. The fourth-order valence-corrected chi connectivity index (χ4v) is 4.89. The molecular weight excluding hydrogens is 354 g/mol. The summed E-state index contributed by atoms with van der Waals surface area (Å²) < 4.78 is 0. The molecule has 1 aromatic rings. The van der Waals surface area contributed by atoms with Crippen molar-refractivity contribution in [2.75, 3.05) is 0 Å². The highest BCUT2D eigenvalue weighted by Crippen LogP contribution is 2.36. The van der Waals surface area contributed by atoms with E-state index in [2.05, 4.69) is 39.6 Å². The SMILES string of the molecule is C=C(/C=C\C(=N)c1ccc(/C(C=N)=C/C)cc1C)CC1CC(C)(C)NC(C)(C)C1. The molecule has 0 bridgehead atoms. The fourth-order valence-electron chi connectivity index (χ4n) is 4.89. The molecule has 0 aliphatic carbocycles. The Balaban J connectivity index is 2.05. The first-order valence-electron chi connectivity index (χ1n) is 10.5. The van der Waals surface area contributed by atoms with Gasteiger partial charge < -0.3 is 16.1 Å². The standard InChI is InChI=1S/C26H37N3/c1-8-21(17-27)22-10-11-23(19(3)14-22)24(28)12-9-18(2)13-20-15-25(4,5)29-26(6,7)16-20/h8-12,14,17,20,27-29H,2,13,15-16H2,1,3-7H3/b12-9-,21-8+,27-17?,28-24?. The van der Waals surface area contributed by atoms with E-state index >= 15 is 0 Å². The number of rotatable bonds is 7. The maximum atomic E-state index is 8.48. The Kier molecular flexibility index (Phi) is 7.18. The zero-order valence-electron chi connectivity index (χ0n) is 18.9. The van der Waals surface area contributed by atoms with Crippen molar-refractivity contribution in [1.82, 2.24) is 5.32 Å². The van der Waals surface area contributed by atoms with E-state index in [9.17, 15) is 0 Å². The molecule has 1 aliphatic rings. The number of hydrogen-bond donors (Lipinski definition) is 3. The molecule has 1 aromatic carbocycles. The van der Waals surface area contributed by atoms with Crippen LogP contribution in [0.1, 0.15) is 70.6 Å². The van der Waals surface area contributed by atoms with E-state index in [-0.39, 0.29) is 11.1 Å². The third-order valence-corrected chi connectivity index (χ3v) is 5.63. The van der Waals surface area contributed by atoms with Crippen molar-refractivity contribution in [2.45, 2.75) is 71.9 Å². The monoisotopic (exact) mass is 391 g/mol. The second kappa shape index (κ2) is 9.04. The van der Waals surface area contributed by atoms with Gasteiger partial charge in [0.15, 0.2) is 0 Å². The maximum Gasteiger partial charge on any atom is 0.0614 e. The van der Waals surface area contributed by atoms with Gasteiger partial charge in [-0.2, -0.15) is 0 Å². The Morgan fingerprint density at radius 3 is 2.31 bits per heavy atom. The largest absolute Gasteiger partial charge is 0.308 e. The first kappa shape index (κ1) is 23.0. The van der Waals surface area contributed by atoms with Crippen molar-refractivity contribution in [3.63, 3.8) is 0 Å². The molecule has 3 heteroatoms. The average Bonchev–Trinajstić information content (AvgIpc) is 2.58. The van der Waals surface area contributed by atoms with Crippen LogP contribution in [0, 0.1) is 23.7 Å². The lowest BCUT2D eigenvalue weighted by atomic mass is 9.74. The van der Waals surface area contributed by atoms with Gasteiger partial charge in [-0.25, -0.2) is 0 Å². The third-order valence-electron chi connectivity index (χ3n) is 5.63. The molecule has 1 fully saturated rings. The first-order chi connectivity index (χ1) is 13.5. The minimum absolute atomic E-state index is 0.143. The quantitative estimate of drug-likeness (QED) is 0.362. The third kappa shape index (κ3) is 6.37. The lowest BCUT2D eigenvalue weighted by molar-refractivity contribution is 0.129. The average molecular weight is 392 g/mol. The molecule has 2 rings (SSSR count). The van der Waals surface area contributed by atoms with Crippen molar-refractivity contribution in [3.05, 3.63) is 65.3 Å². The highest BCUT2D eigenvalue weighted by Gasteiger charge is 2.37. The van der Waals surface area contributed by atoms with Crippen molar-refractivity contribution in [1.29, 1.82) is 10.8 Å². The second-order valence-corrected chi connectivity index (χ2v) is 9.69. The van der Waals surface area contributed by atoms with E-state index in [1.807, 2.05) is 50.3 Å². The Morgan fingerprint density at radius 2 is 1.79 bits per heavy atom. The van der Waals surface area contributed by atoms with Crippen LogP contribution < -0.4 is 5.32 Å². The molecule has 0 spiro atoms. The predicted molar refractivity (Wildman–Crippen MR) is 127 cm³/mol. The predicted octanol–water partition coefficient (Wildman–Crippen LogP) is 6.48. The van der Waals surface area contributed by atoms with Gasteiger partial charge in [-0.3, -0.25) is 0 Å². The van der Waals surface area contributed by atoms with Gasteiger partial charge in [-0.05, 0) is 89.5 Å². The highest BCUT2D eigenvalue weighted by atomic mass is 15.0. The van der Waals surface area contributed by atoms with Crippen LogP contribution in [0.15, 0.2) is 48.6 Å². The van der Waals surface area contributed by atoms with Gasteiger partial charge in [0.05, 0.1) is 5.71 Å². The number of hydrogen-bond acceptors (Lipinski definition) is 3. The summed E-state index contributed by atoms with van der Waals surface area (Å²) in [4.78, 5) is 0. The van der Waals surface area contributed by atoms with E-state index in [1.165, 1.54) is 6.21 Å². The lowest BCUT2D eigenvalue weighted by Crippen LogP contribution is -2.57. The molecule has 0 amide bonds. The first-order valence-corrected chi connectivity index (χ1v) is 10.5. The summed E-state index contributed by atoms with van der Waals surface area (Å²) in [5, 5.41) is 19.7. The van der Waals surface area contributed by atoms with Crippen LogP contribution in [0.4, 0.5) is 0 Å². The van der Waals surface area contributed by atoms with Crippen molar-refractivity contribution in [2.24, 2.45) is 5.92 Å². The van der Waals surface area contributed by atoms with Gasteiger partial charge in [0, 0.05) is 22.9 Å². The number of benzene rings is 1. The van der Waals surface area contributed by atoms with Gasteiger partial charge in [-0.15, -0.1) is 0 Å². The molecule has 3 N–H and O–H groups in total. The molecular formula is C26H37N3. The van der Waals surface area contributed by atoms with Gasteiger partial charge in [0.25, 0.3) is 0 Å². The number of aryl methyl sites for hydroxylation is 1. The summed E-state index contributed by atoms with van der Waals surface area (Å²) in [7, 11) is 0. The summed E-state index contributed by atoms with van der Waals surface area (Å²) in [6.07, 6.45) is 10.4. The van der Waals surface area contributed by atoms with Crippen LogP contribution >= 0.6 is 0 Å². The molecule has 29 heavy (non-hydrogen) atoms. The Labute approximate surface area is 177 Å². The van der Waals surface area contributed by atoms with Crippen LogP contribution in [-0.2, 0) is 0 Å². The van der Waals surface area contributed by atoms with Gasteiger partial charge in [0.2, 0.25) is 0 Å². The summed E-state index contributed by atoms with van der Waals surface area (Å²) in [6.45, 7) is 17.3. The lowest BCUT2D eigenvalue weighted by Gasteiger charge is -2.46. The smallest absolute Gasteiger partial charge is 0.0614 e. The molecule has 1 heterocycles. The van der Waals surface area contributed by atoms with Gasteiger partial charge in [-0.1, -0.05) is 42.5 Å². The van der Waals surface area contributed by atoms with E-state index < -0.39 is 0 Å². The molecule has 0 radical (unpaired) electrons. The van der Waals surface area contributed by atoms with E-state index in [1.54, 1.807) is 0 Å². The van der Waals surface area contributed by atoms with Crippen LogP contribution in [0.5, 0.6) is 0 Å². The van der Waals surface area contributed by atoms with Crippen LogP contribution in [0.25, 0.3) is 5.57 Å². The molecule has 0 unspecified atom stereocenters. The van der Waals surface area contributed by atoms with Crippen LogP contribution in [-0.4, -0.2) is 23.0 Å². The van der Waals surface area contributed by atoms with Crippen LogP contribution in [0.3, 0.4) is 0 Å². The summed E-state index contributed by atoms with van der Waals surface area (Å²) in [6, 6.07) is 6.01. The Bertz CT molecular complexity index is 837. The molecule has 1 aliphatic heterocycles. The number of allylic oxidation sites excluding steroid dienone is 5. The normalized spacial score (nSPS) is 19.3. The minimum atomic E-state index is 0.143. The molecule has 0 aromatic heterocycles. The topological polar surface area (TPSA) is 59.7 Å². The molecule has 0 saturated carbocycles. The van der Waals surface area contributed by atoms with E-state index in [0.29, 0.717) is 11.6 Å². The summed E-state index contributed by atoms with van der Waals surface area (Å²) in [5.74, 6) is 0.606. The Morgan fingerprint density at radius 1 is 1.17 bits per heavy atom. The minimum Gasteiger partial charge on any atom is -0.308 e. The van der Waals surface area contributed by atoms with Gasteiger partial charge >= 0.3 is 0 Å². The fraction of sp³-hybridized carbons (Fsp3) is 0.462. The van der Waals surface area contributed by atoms with Crippen molar-refractivity contribution < 1.29 is 0 Å². The number of piperidine rings is 1. The summed E-state index contributed by atoms with van der Waals surface area (Å²) >= 11 is 0. The van der Waals surface area contributed by atoms with E-state index in [4.69, 9.17) is 10.8 Å². The molecule has 3 nitrogen and oxygen atoms in total. The van der Waals surface area contributed by atoms with E-state index in [0.717, 1.165) is 47.1 Å². The maximum absolute atomic E-state index is 8.48. The highest BCUT2D eigenvalue weighted by molar-refractivity contribution is 6.10. The van der Waals surface area contributed by atoms with Crippen molar-refractivity contribution >= 4 is 17.5 Å². The Hall–Kier alpha value is -2.26. The molecule has 156 valence electrons. The van der Waals surface area contributed by atoms with Gasteiger partial charge in [0.1, 0.15) is 0 Å². The molecule has 1 saturated heterocycles. The van der Waals surface area contributed by atoms with Crippen molar-refractivity contribution in [3.8, 4) is 0 Å². The zero-order chi connectivity index (χ0) is 21.8. The number of nitrogens with one attached hydrogen (secondary N) is 3. The van der Waals surface area contributed by atoms with Crippen LogP contribution in [0.2, 0.25) is 0 Å². The second-order valence-electron chi connectivity index (χ2n) is 9.69. The zero-order valence-corrected chi connectivity index (χ0v) is 18.9.